The average Bonchev–Trinajstić information content (AvgIpc) is 2.90. The van der Waals surface area contributed by atoms with Crippen molar-refractivity contribution in [1.29, 1.82) is 0 Å². The highest BCUT2D eigenvalue weighted by molar-refractivity contribution is 7.99. The van der Waals surface area contributed by atoms with Gasteiger partial charge >= 0.3 is 0 Å². The SMILES string of the molecule is CCN(C(=O)c1cccc(SCCCC2=CCC(C)(CN3CCCCC3)C=C2)c1)C1CCC(=O)NC1=O. The summed E-state index contributed by atoms with van der Waals surface area (Å²) in [5.74, 6) is 0.173. The van der Waals surface area contributed by atoms with E-state index >= 15 is 0 Å². The maximum atomic E-state index is 13.2. The van der Waals surface area contributed by atoms with E-state index in [0.717, 1.165) is 36.5 Å². The van der Waals surface area contributed by atoms with E-state index in [2.05, 4.69) is 35.4 Å². The highest BCUT2D eigenvalue weighted by Gasteiger charge is 2.34. The second-order valence-corrected chi connectivity index (χ2v) is 12.0. The number of carbonyl (C=O) groups excluding carboxylic acids is 3. The molecule has 2 fully saturated rings. The Morgan fingerprint density at radius 2 is 2.03 bits per heavy atom. The highest BCUT2D eigenvalue weighted by Crippen LogP contribution is 2.33. The monoisotopic (exact) mass is 523 g/mol. The minimum absolute atomic E-state index is 0.162. The third-order valence-corrected chi connectivity index (χ3v) is 8.79. The van der Waals surface area contributed by atoms with Crippen LogP contribution in [0.5, 0.6) is 0 Å². The summed E-state index contributed by atoms with van der Waals surface area (Å²) in [6.45, 7) is 8.33. The zero-order valence-corrected chi connectivity index (χ0v) is 23.2. The number of likely N-dealkylation sites (N-methyl/N-ethyl adjacent to an activating group) is 1. The van der Waals surface area contributed by atoms with Crippen molar-refractivity contribution in [2.45, 2.75) is 76.2 Å². The number of carbonyl (C=O) groups is 3. The molecule has 3 aliphatic rings. The van der Waals surface area contributed by atoms with Crippen LogP contribution in [0.2, 0.25) is 0 Å². The van der Waals surface area contributed by atoms with Gasteiger partial charge in [-0.25, -0.2) is 0 Å². The van der Waals surface area contributed by atoms with Gasteiger partial charge in [-0.3, -0.25) is 19.7 Å². The standard InChI is InChI=1S/C30H41N3O3S/c1-3-33(26-12-13-27(34)31-28(26)35)29(36)24-10-7-11-25(21-24)37-20-8-9-23-14-16-30(2,17-15-23)22-32-18-5-4-6-19-32/h7,10-11,14-16,21,26H,3-6,8-9,12-13,17-20,22H2,1-2H3,(H,31,34,35). The molecule has 200 valence electrons. The first-order valence-electron chi connectivity index (χ1n) is 13.8. The molecule has 1 aromatic rings. The molecule has 2 saturated heterocycles. The molecule has 0 aromatic heterocycles. The first kappa shape index (κ1) is 27.6. The summed E-state index contributed by atoms with van der Waals surface area (Å²) in [5, 5.41) is 2.36. The summed E-state index contributed by atoms with van der Waals surface area (Å²) in [4.78, 5) is 42.3. The van der Waals surface area contributed by atoms with E-state index in [4.69, 9.17) is 0 Å². The van der Waals surface area contributed by atoms with Crippen molar-refractivity contribution in [2.24, 2.45) is 5.41 Å². The Hall–Kier alpha value is -2.38. The molecule has 0 saturated carbocycles. The Labute approximate surface area is 225 Å². The van der Waals surface area contributed by atoms with Crippen molar-refractivity contribution in [2.75, 3.05) is 31.9 Å². The lowest BCUT2D eigenvalue weighted by Crippen LogP contribution is -2.54. The average molecular weight is 524 g/mol. The number of thioether (sulfide) groups is 1. The Balaban J connectivity index is 1.24. The maximum absolute atomic E-state index is 13.2. The van der Waals surface area contributed by atoms with Gasteiger partial charge in [0.2, 0.25) is 11.8 Å². The third-order valence-electron chi connectivity index (χ3n) is 7.71. The molecule has 0 bridgehead atoms. The summed E-state index contributed by atoms with van der Waals surface area (Å²) in [6, 6.07) is 7.08. The van der Waals surface area contributed by atoms with Crippen molar-refractivity contribution in [3.63, 3.8) is 0 Å². The van der Waals surface area contributed by atoms with Gasteiger partial charge in [0.1, 0.15) is 6.04 Å². The van der Waals surface area contributed by atoms with Crippen LogP contribution < -0.4 is 5.32 Å². The predicted octanol–water partition coefficient (Wildman–Crippen LogP) is 5.20. The Bertz CT molecular complexity index is 1050. The zero-order valence-electron chi connectivity index (χ0n) is 22.3. The quantitative estimate of drug-likeness (QED) is 0.259. The summed E-state index contributed by atoms with van der Waals surface area (Å²) in [7, 11) is 0. The van der Waals surface area contributed by atoms with Crippen LogP contribution in [0.15, 0.2) is 53.0 Å². The molecule has 37 heavy (non-hydrogen) atoms. The minimum Gasteiger partial charge on any atom is -0.327 e. The lowest BCUT2D eigenvalue weighted by atomic mass is 9.80. The second kappa shape index (κ2) is 12.9. The molecule has 7 heteroatoms. The molecular weight excluding hydrogens is 482 g/mol. The van der Waals surface area contributed by atoms with E-state index < -0.39 is 6.04 Å². The topological polar surface area (TPSA) is 69.7 Å². The fraction of sp³-hybridized carbons (Fsp3) is 0.567. The maximum Gasteiger partial charge on any atom is 0.254 e. The van der Waals surface area contributed by atoms with E-state index in [1.807, 2.05) is 25.1 Å². The largest absolute Gasteiger partial charge is 0.327 e. The molecule has 1 aliphatic carbocycles. The minimum atomic E-state index is -0.593. The van der Waals surface area contributed by atoms with Gasteiger partial charge in [-0.15, -0.1) is 11.8 Å². The molecule has 2 heterocycles. The first-order chi connectivity index (χ1) is 17.9. The zero-order chi connectivity index (χ0) is 26.3. The van der Waals surface area contributed by atoms with Crippen molar-refractivity contribution >= 4 is 29.5 Å². The fourth-order valence-corrected chi connectivity index (χ4v) is 6.49. The summed E-state index contributed by atoms with van der Waals surface area (Å²) < 4.78 is 0. The number of allylic oxidation sites excluding steroid dienone is 3. The number of hydrogen-bond donors (Lipinski definition) is 1. The summed E-state index contributed by atoms with van der Waals surface area (Å²) in [5.41, 5.74) is 2.27. The van der Waals surface area contributed by atoms with Gasteiger partial charge < -0.3 is 9.80 Å². The lowest BCUT2D eigenvalue weighted by molar-refractivity contribution is -0.136. The van der Waals surface area contributed by atoms with E-state index in [0.29, 0.717) is 18.5 Å². The first-order valence-corrected chi connectivity index (χ1v) is 14.8. The molecular formula is C30H41N3O3S. The summed E-state index contributed by atoms with van der Waals surface area (Å²) in [6.07, 6.45) is 15.2. The molecule has 2 unspecified atom stereocenters. The number of nitrogens with one attached hydrogen (secondary N) is 1. The van der Waals surface area contributed by atoms with Gasteiger partial charge in [0.25, 0.3) is 5.91 Å². The molecule has 1 aromatic carbocycles. The molecule has 1 N–H and O–H groups in total. The van der Waals surface area contributed by atoms with E-state index in [1.54, 1.807) is 22.7 Å². The van der Waals surface area contributed by atoms with Crippen LogP contribution in [-0.2, 0) is 9.59 Å². The van der Waals surface area contributed by atoms with Crippen LogP contribution in [0.3, 0.4) is 0 Å². The predicted molar refractivity (Wildman–Crippen MR) is 150 cm³/mol. The third kappa shape index (κ3) is 7.57. The Morgan fingerprint density at radius 3 is 2.73 bits per heavy atom. The van der Waals surface area contributed by atoms with E-state index in [9.17, 15) is 14.4 Å². The van der Waals surface area contributed by atoms with Gasteiger partial charge in [-0.2, -0.15) is 0 Å². The molecule has 4 rings (SSSR count). The van der Waals surface area contributed by atoms with Gasteiger partial charge in [-0.05, 0) is 82.5 Å². The number of hydrogen-bond acceptors (Lipinski definition) is 5. The van der Waals surface area contributed by atoms with Crippen LogP contribution in [0.1, 0.15) is 75.6 Å². The van der Waals surface area contributed by atoms with Gasteiger partial charge in [0, 0.05) is 35.4 Å². The van der Waals surface area contributed by atoms with Crippen molar-refractivity contribution in [3.8, 4) is 0 Å². The van der Waals surface area contributed by atoms with Gasteiger partial charge in [0.15, 0.2) is 0 Å². The Kier molecular flexibility index (Phi) is 9.65. The molecule has 6 nitrogen and oxygen atoms in total. The normalized spacial score (nSPS) is 24.5. The number of benzene rings is 1. The van der Waals surface area contributed by atoms with Crippen molar-refractivity contribution in [1.82, 2.24) is 15.1 Å². The Morgan fingerprint density at radius 1 is 1.22 bits per heavy atom. The molecule has 2 aliphatic heterocycles. The number of piperidine rings is 2. The van der Waals surface area contributed by atoms with Gasteiger partial charge in [-0.1, -0.05) is 43.2 Å². The van der Waals surface area contributed by atoms with Crippen LogP contribution in [-0.4, -0.2) is 65.5 Å². The smallest absolute Gasteiger partial charge is 0.254 e. The van der Waals surface area contributed by atoms with Gasteiger partial charge in [0.05, 0.1) is 0 Å². The molecule has 0 spiro atoms. The number of imide groups is 1. The van der Waals surface area contributed by atoms with Crippen LogP contribution in [0.4, 0.5) is 0 Å². The number of amides is 3. The number of nitrogens with zero attached hydrogens (tertiary/aromatic N) is 2. The van der Waals surface area contributed by atoms with Crippen molar-refractivity contribution < 1.29 is 14.4 Å². The van der Waals surface area contributed by atoms with Crippen LogP contribution in [0.25, 0.3) is 0 Å². The molecule has 0 radical (unpaired) electrons. The second-order valence-electron chi connectivity index (χ2n) is 10.8. The molecule has 3 amide bonds. The van der Waals surface area contributed by atoms with Crippen molar-refractivity contribution in [3.05, 3.63) is 53.6 Å². The molecule has 2 atom stereocenters. The van der Waals surface area contributed by atoms with E-state index in [-0.39, 0.29) is 29.6 Å². The number of rotatable bonds is 10. The fourth-order valence-electron chi connectivity index (χ4n) is 5.58. The van der Waals surface area contributed by atoms with Crippen LogP contribution in [0, 0.1) is 5.41 Å². The van der Waals surface area contributed by atoms with E-state index in [1.165, 1.54) is 37.9 Å². The summed E-state index contributed by atoms with van der Waals surface area (Å²) >= 11 is 1.77. The van der Waals surface area contributed by atoms with Crippen LogP contribution >= 0.6 is 11.8 Å². The highest BCUT2D eigenvalue weighted by atomic mass is 32.2. The number of likely N-dealkylation sites (tertiary alicyclic amines) is 1. The lowest BCUT2D eigenvalue weighted by Gasteiger charge is -2.36.